The number of carbonyl (C=O) groups is 1. The van der Waals surface area contributed by atoms with Crippen LogP contribution in [0.1, 0.15) is 30.1 Å². The van der Waals surface area contributed by atoms with E-state index in [1.807, 2.05) is 42.2 Å². The molecule has 0 atom stereocenters. The molecule has 1 N–H and O–H groups in total. The van der Waals surface area contributed by atoms with Gasteiger partial charge in [-0.25, -0.2) is 4.98 Å². The Labute approximate surface area is 163 Å². The Balaban J connectivity index is 1.31. The number of benzene rings is 2. The van der Waals surface area contributed by atoms with Crippen LogP contribution >= 0.6 is 11.6 Å². The lowest BCUT2D eigenvalue weighted by Crippen LogP contribution is -2.40. The summed E-state index contributed by atoms with van der Waals surface area (Å²) in [7, 11) is 0. The Hall–Kier alpha value is -2.53. The Kier molecular flexibility index (Phi) is 5.03. The van der Waals surface area contributed by atoms with Crippen molar-refractivity contribution < 1.29 is 9.53 Å². The number of likely N-dealkylation sites (tertiary alicyclic amines) is 1. The maximum atomic E-state index is 12.5. The normalized spacial score (nSPS) is 15.3. The van der Waals surface area contributed by atoms with Crippen LogP contribution in [0.5, 0.6) is 5.75 Å². The van der Waals surface area contributed by atoms with E-state index in [-0.39, 0.29) is 12.5 Å². The van der Waals surface area contributed by atoms with E-state index in [4.69, 9.17) is 21.3 Å². The number of H-pyrrole nitrogens is 1. The molecule has 2 aromatic carbocycles. The van der Waals surface area contributed by atoms with Crippen molar-refractivity contribution in [1.29, 1.82) is 0 Å². The molecule has 140 valence electrons. The van der Waals surface area contributed by atoms with Gasteiger partial charge in [0.15, 0.2) is 6.61 Å². The molecule has 4 rings (SSSR count). The van der Waals surface area contributed by atoms with E-state index in [9.17, 15) is 4.79 Å². The number of aromatic amines is 1. The molecule has 6 heteroatoms. The molecule has 0 unspecified atom stereocenters. The van der Waals surface area contributed by atoms with Gasteiger partial charge >= 0.3 is 0 Å². The molecular weight excluding hydrogens is 362 g/mol. The average Bonchev–Trinajstić information content (AvgIpc) is 3.13. The highest BCUT2D eigenvalue weighted by Crippen LogP contribution is 2.28. The minimum absolute atomic E-state index is 0.0191. The zero-order valence-corrected chi connectivity index (χ0v) is 16.0. The maximum Gasteiger partial charge on any atom is 0.260 e. The van der Waals surface area contributed by atoms with Gasteiger partial charge in [-0.3, -0.25) is 4.79 Å². The number of rotatable bonds is 4. The Morgan fingerprint density at radius 2 is 2.04 bits per heavy atom. The molecule has 1 saturated heterocycles. The van der Waals surface area contributed by atoms with Crippen molar-refractivity contribution in [3.8, 4) is 5.75 Å². The van der Waals surface area contributed by atoms with Crippen molar-refractivity contribution in [2.75, 3.05) is 19.7 Å². The number of carbonyl (C=O) groups excluding carboxylic acids is 1. The smallest absolute Gasteiger partial charge is 0.260 e. The zero-order chi connectivity index (χ0) is 18.8. The number of halogens is 1. The second kappa shape index (κ2) is 7.61. The number of hydrogen-bond acceptors (Lipinski definition) is 3. The van der Waals surface area contributed by atoms with E-state index in [0.29, 0.717) is 16.7 Å². The second-order valence-corrected chi connectivity index (χ2v) is 7.40. The summed E-state index contributed by atoms with van der Waals surface area (Å²) < 4.78 is 5.64. The molecule has 3 aromatic rings. The van der Waals surface area contributed by atoms with E-state index < -0.39 is 0 Å². The van der Waals surface area contributed by atoms with Gasteiger partial charge in [-0.2, -0.15) is 0 Å². The number of nitrogens with one attached hydrogen (secondary N) is 1. The Morgan fingerprint density at radius 3 is 2.78 bits per heavy atom. The summed E-state index contributed by atoms with van der Waals surface area (Å²) in [5, 5.41) is 0.696. The van der Waals surface area contributed by atoms with Crippen LogP contribution in [0, 0.1) is 6.92 Å². The van der Waals surface area contributed by atoms with Crippen LogP contribution in [0.2, 0.25) is 5.02 Å². The topological polar surface area (TPSA) is 58.2 Å². The molecule has 1 aromatic heterocycles. The van der Waals surface area contributed by atoms with E-state index in [1.165, 1.54) is 0 Å². The van der Waals surface area contributed by atoms with Gasteiger partial charge < -0.3 is 14.6 Å². The van der Waals surface area contributed by atoms with Crippen LogP contribution in [0.4, 0.5) is 0 Å². The highest BCUT2D eigenvalue weighted by Gasteiger charge is 2.26. The number of para-hydroxylation sites is 2. The summed E-state index contributed by atoms with van der Waals surface area (Å²) in [5.41, 5.74) is 3.00. The molecule has 0 radical (unpaired) electrons. The number of aryl methyl sites for hydroxylation is 1. The Morgan fingerprint density at radius 1 is 1.26 bits per heavy atom. The molecule has 0 saturated carbocycles. The fourth-order valence-electron chi connectivity index (χ4n) is 3.51. The third-order valence-electron chi connectivity index (χ3n) is 5.13. The van der Waals surface area contributed by atoms with Crippen LogP contribution in [-0.4, -0.2) is 40.5 Å². The number of imidazole rings is 1. The zero-order valence-electron chi connectivity index (χ0n) is 15.2. The summed E-state index contributed by atoms with van der Waals surface area (Å²) in [5.74, 6) is 2.07. The van der Waals surface area contributed by atoms with Crippen molar-refractivity contribution in [2.45, 2.75) is 25.7 Å². The SMILES string of the molecule is Cc1cc(OCC(=O)N2CCC(c3nc4ccccc4[nH]3)CC2)ccc1Cl. The van der Waals surface area contributed by atoms with Gasteiger partial charge in [-0.05, 0) is 55.7 Å². The van der Waals surface area contributed by atoms with Gasteiger partial charge in [0, 0.05) is 24.0 Å². The van der Waals surface area contributed by atoms with E-state index in [1.54, 1.807) is 12.1 Å². The lowest BCUT2D eigenvalue weighted by atomic mass is 9.96. The molecule has 0 spiro atoms. The van der Waals surface area contributed by atoms with Crippen LogP contribution in [0.3, 0.4) is 0 Å². The van der Waals surface area contributed by atoms with Crippen LogP contribution in [0.25, 0.3) is 11.0 Å². The molecular formula is C21H22ClN3O2. The largest absolute Gasteiger partial charge is 0.484 e. The molecule has 0 bridgehead atoms. The predicted octanol–water partition coefficient (Wildman–Crippen LogP) is 4.31. The standard InChI is InChI=1S/C21H22ClN3O2/c1-14-12-16(6-7-17(14)22)27-13-20(26)25-10-8-15(9-11-25)21-23-18-4-2-3-5-19(18)24-21/h2-7,12,15H,8-11,13H2,1H3,(H,23,24). The van der Waals surface area contributed by atoms with Crippen molar-refractivity contribution in [3.05, 3.63) is 58.9 Å². The average molecular weight is 384 g/mol. The number of piperidine rings is 1. The van der Waals surface area contributed by atoms with Gasteiger partial charge in [0.1, 0.15) is 11.6 Å². The highest BCUT2D eigenvalue weighted by molar-refractivity contribution is 6.31. The van der Waals surface area contributed by atoms with Crippen molar-refractivity contribution >= 4 is 28.5 Å². The summed E-state index contributed by atoms with van der Waals surface area (Å²) in [6.07, 6.45) is 1.82. The van der Waals surface area contributed by atoms with E-state index in [2.05, 4.69) is 4.98 Å². The van der Waals surface area contributed by atoms with Crippen LogP contribution in [0.15, 0.2) is 42.5 Å². The first-order chi connectivity index (χ1) is 13.1. The van der Waals surface area contributed by atoms with Gasteiger partial charge in [0.2, 0.25) is 0 Å². The monoisotopic (exact) mass is 383 g/mol. The third kappa shape index (κ3) is 3.93. The number of fused-ring (bicyclic) bond motifs is 1. The first-order valence-electron chi connectivity index (χ1n) is 9.21. The highest BCUT2D eigenvalue weighted by atomic mass is 35.5. The van der Waals surface area contributed by atoms with E-state index in [0.717, 1.165) is 48.4 Å². The van der Waals surface area contributed by atoms with Crippen LogP contribution in [-0.2, 0) is 4.79 Å². The number of aromatic nitrogens is 2. The van der Waals surface area contributed by atoms with Crippen molar-refractivity contribution in [1.82, 2.24) is 14.9 Å². The van der Waals surface area contributed by atoms with Crippen molar-refractivity contribution in [3.63, 3.8) is 0 Å². The lowest BCUT2D eigenvalue weighted by Gasteiger charge is -2.31. The quantitative estimate of drug-likeness (QED) is 0.730. The summed E-state index contributed by atoms with van der Waals surface area (Å²) in [4.78, 5) is 22.5. The van der Waals surface area contributed by atoms with Crippen LogP contribution < -0.4 is 4.74 Å². The minimum atomic E-state index is 0.0191. The predicted molar refractivity (Wildman–Crippen MR) is 106 cm³/mol. The molecule has 1 fully saturated rings. The summed E-state index contributed by atoms with van der Waals surface area (Å²) in [6.45, 7) is 3.42. The fourth-order valence-corrected chi connectivity index (χ4v) is 3.63. The molecule has 1 amide bonds. The molecule has 1 aliphatic rings. The maximum absolute atomic E-state index is 12.5. The van der Waals surface area contributed by atoms with E-state index >= 15 is 0 Å². The van der Waals surface area contributed by atoms with Gasteiger partial charge in [0.25, 0.3) is 5.91 Å². The number of hydrogen-bond donors (Lipinski definition) is 1. The second-order valence-electron chi connectivity index (χ2n) is 6.99. The first kappa shape index (κ1) is 17.9. The molecule has 1 aliphatic heterocycles. The Bertz CT molecular complexity index is 928. The molecule has 5 nitrogen and oxygen atoms in total. The lowest BCUT2D eigenvalue weighted by molar-refractivity contribution is -0.134. The van der Waals surface area contributed by atoms with Gasteiger partial charge in [-0.15, -0.1) is 0 Å². The summed E-state index contributed by atoms with van der Waals surface area (Å²) >= 11 is 6.02. The van der Waals surface area contributed by atoms with Gasteiger partial charge in [0.05, 0.1) is 11.0 Å². The summed E-state index contributed by atoms with van der Waals surface area (Å²) in [6, 6.07) is 13.5. The number of ether oxygens (including phenoxy) is 1. The minimum Gasteiger partial charge on any atom is -0.484 e. The van der Waals surface area contributed by atoms with Crippen molar-refractivity contribution in [2.24, 2.45) is 0 Å². The third-order valence-corrected chi connectivity index (χ3v) is 5.56. The molecule has 27 heavy (non-hydrogen) atoms. The molecule has 0 aliphatic carbocycles. The van der Waals surface area contributed by atoms with Gasteiger partial charge in [-0.1, -0.05) is 23.7 Å². The number of nitrogens with zero attached hydrogens (tertiary/aromatic N) is 2. The first-order valence-corrected chi connectivity index (χ1v) is 9.59. The molecule has 2 heterocycles. The fraction of sp³-hybridized carbons (Fsp3) is 0.333. The number of amides is 1.